The molecule has 2 aromatic rings. The van der Waals surface area contributed by atoms with E-state index in [0.717, 1.165) is 21.7 Å². The Morgan fingerprint density at radius 3 is 2.09 bits per heavy atom. The SMILES string of the molecule is CC[C@H](C(=O)NC(C)C)N(Cc1ccc(C)cc1)C(=O)CN(c1ccc(OC)cc1)S(C)(=O)=O. The van der Waals surface area contributed by atoms with Gasteiger partial charge in [-0.25, -0.2) is 8.42 Å². The van der Waals surface area contributed by atoms with E-state index in [1.807, 2.05) is 52.0 Å². The molecule has 0 fully saturated rings. The van der Waals surface area contributed by atoms with E-state index in [2.05, 4.69) is 5.32 Å². The summed E-state index contributed by atoms with van der Waals surface area (Å²) in [5, 5.41) is 2.87. The lowest BCUT2D eigenvalue weighted by Gasteiger charge is -2.33. The van der Waals surface area contributed by atoms with Crippen LogP contribution in [0.3, 0.4) is 0 Å². The van der Waals surface area contributed by atoms with Gasteiger partial charge in [0.1, 0.15) is 18.3 Å². The first kappa shape index (κ1) is 27.2. The number of anilines is 1. The minimum atomic E-state index is -3.77. The third-order valence-corrected chi connectivity index (χ3v) is 6.47. The number of carbonyl (C=O) groups is 2. The van der Waals surface area contributed by atoms with Gasteiger partial charge in [-0.3, -0.25) is 13.9 Å². The summed E-state index contributed by atoms with van der Waals surface area (Å²) in [5.41, 5.74) is 2.27. The summed E-state index contributed by atoms with van der Waals surface area (Å²) in [6, 6.07) is 13.3. The van der Waals surface area contributed by atoms with Gasteiger partial charge in [-0.15, -0.1) is 0 Å². The highest BCUT2D eigenvalue weighted by atomic mass is 32.2. The van der Waals surface area contributed by atoms with Gasteiger partial charge in [0, 0.05) is 12.6 Å². The van der Waals surface area contributed by atoms with Crippen molar-refractivity contribution in [3.63, 3.8) is 0 Å². The van der Waals surface area contributed by atoms with Crippen molar-refractivity contribution in [3.05, 3.63) is 59.7 Å². The molecule has 0 unspecified atom stereocenters. The molecule has 0 spiro atoms. The Morgan fingerprint density at radius 2 is 1.62 bits per heavy atom. The van der Waals surface area contributed by atoms with Crippen LogP contribution in [0.5, 0.6) is 5.75 Å². The van der Waals surface area contributed by atoms with E-state index < -0.39 is 28.5 Å². The Bertz CT molecular complexity index is 1070. The maximum absolute atomic E-state index is 13.6. The second kappa shape index (κ2) is 11.9. The first-order valence-corrected chi connectivity index (χ1v) is 13.1. The van der Waals surface area contributed by atoms with Crippen LogP contribution in [0.15, 0.2) is 48.5 Å². The number of hydrogen-bond acceptors (Lipinski definition) is 5. The Balaban J connectivity index is 2.42. The molecule has 0 radical (unpaired) electrons. The van der Waals surface area contributed by atoms with Crippen molar-refractivity contribution < 1.29 is 22.7 Å². The zero-order valence-corrected chi connectivity index (χ0v) is 21.6. The number of methoxy groups -OCH3 is 1. The molecule has 0 saturated carbocycles. The van der Waals surface area contributed by atoms with Crippen LogP contribution in [0.1, 0.15) is 38.3 Å². The monoisotopic (exact) mass is 489 g/mol. The first-order chi connectivity index (χ1) is 16.0. The summed E-state index contributed by atoms with van der Waals surface area (Å²) < 4.78 is 31.4. The molecule has 0 bridgehead atoms. The van der Waals surface area contributed by atoms with Crippen LogP contribution in [0.25, 0.3) is 0 Å². The molecule has 2 aromatic carbocycles. The quantitative estimate of drug-likeness (QED) is 0.523. The van der Waals surface area contributed by atoms with E-state index in [9.17, 15) is 18.0 Å². The molecule has 0 heterocycles. The highest BCUT2D eigenvalue weighted by molar-refractivity contribution is 7.92. The summed E-state index contributed by atoms with van der Waals surface area (Å²) in [5.74, 6) is -0.165. The largest absolute Gasteiger partial charge is 0.497 e. The molecule has 1 atom stereocenters. The first-order valence-electron chi connectivity index (χ1n) is 11.2. The standard InChI is InChI=1S/C25H35N3O5S/c1-7-23(25(30)26-18(2)3)27(16-20-10-8-19(4)9-11-20)24(29)17-28(34(6,31)32)21-12-14-22(33-5)15-13-21/h8-15,18,23H,7,16-17H2,1-6H3,(H,26,30)/t23-/m1/s1. The van der Waals surface area contributed by atoms with Crippen LogP contribution in [-0.4, -0.2) is 57.1 Å². The van der Waals surface area contributed by atoms with Gasteiger partial charge in [-0.1, -0.05) is 36.8 Å². The fraction of sp³-hybridized carbons (Fsp3) is 0.440. The van der Waals surface area contributed by atoms with Crippen LogP contribution in [0.2, 0.25) is 0 Å². The fourth-order valence-electron chi connectivity index (χ4n) is 3.55. The predicted octanol–water partition coefficient (Wildman–Crippen LogP) is 3.10. The zero-order chi connectivity index (χ0) is 25.5. The number of rotatable bonds is 11. The topological polar surface area (TPSA) is 96.0 Å². The zero-order valence-electron chi connectivity index (χ0n) is 20.7. The molecule has 8 nitrogen and oxygen atoms in total. The highest BCUT2D eigenvalue weighted by Gasteiger charge is 2.31. The average molecular weight is 490 g/mol. The Hall–Kier alpha value is -3.07. The number of hydrogen-bond donors (Lipinski definition) is 1. The Labute approximate surface area is 202 Å². The third-order valence-electron chi connectivity index (χ3n) is 5.33. The number of benzene rings is 2. The van der Waals surface area contributed by atoms with Crippen LogP contribution in [0.4, 0.5) is 5.69 Å². The van der Waals surface area contributed by atoms with Gasteiger partial charge in [-0.2, -0.15) is 0 Å². The minimum Gasteiger partial charge on any atom is -0.497 e. The molecule has 34 heavy (non-hydrogen) atoms. The summed E-state index contributed by atoms with van der Waals surface area (Å²) in [7, 11) is -2.26. The minimum absolute atomic E-state index is 0.0929. The molecule has 0 aliphatic rings. The van der Waals surface area contributed by atoms with Crippen LogP contribution in [0, 0.1) is 6.92 Å². The summed E-state index contributed by atoms with van der Waals surface area (Å²) in [6.45, 7) is 7.26. The van der Waals surface area contributed by atoms with Crippen LogP contribution in [-0.2, 0) is 26.2 Å². The van der Waals surface area contributed by atoms with Crippen LogP contribution < -0.4 is 14.4 Å². The molecule has 186 valence electrons. The van der Waals surface area contributed by atoms with Gasteiger partial charge in [0.15, 0.2) is 0 Å². The van der Waals surface area contributed by atoms with Crippen LogP contribution >= 0.6 is 0 Å². The maximum atomic E-state index is 13.6. The number of nitrogens with zero attached hydrogens (tertiary/aromatic N) is 2. The van der Waals surface area contributed by atoms with Crippen molar-refractivity contribution >= 4 is 27.5 Å². The normalized spacial score (nSPS) is 12.2. The van der Waals surface area contributed by atoms with Crippen molar-refractivity contribution in [3.8, 4) is 5.75 Å². The van der Waals surface area contributed by atoms with E-state index in [1.165, 1.54) is 12.0 Å². The van der Waals surface area contributed by atoms with E-state index in [-0.39, 0.29) is 18.5 Å². The van der Waals surface area contributed by atoms with E-state index in [0.29, 0.717) is 17.9 Å². The smallest absolute Gasteiger partial charge is 0.244 e. The van der Waals surface area contributed by atoms with Crippen molar-refractivity contribution in [2.24, 2.45) is 0 Å². The second-order valence-electron chi connectivity index (χ2n) is 8.56. The lowest BCUT2D eigenvalue weighted by Crippen LogP contribution is -2.53. The van der Waals surface area contributed by atoms with Crippen molar-refractivity contribution in [1.29, 1.82) is 0 Å². The van der Waals surface area contributed by atoms with Gasteiger partial charge >= 0.3 is 0 Å². The lowest BCUT2D eigenvalue weighted by atomic mass is 10.1. The number of aryl methyl sites for hydroxylation is 1. The van der Waals surface area contributed by atoms with Gasteiger partial charge in [0.2, 0.25) is 21.8 Å². The van der Waals surface area contributed by atoms with E-state index in [1.54, 1.807) is 24.3 Å². The molecule has 0 saturated heterocycles. The summed E-state index contributed by atoms with van der Waals surface area (Å²) in [6.07, 6.45) is 1.44. The molecular weight excluding hydrogens is 454 g/mol. The number of nitrogens with one attached hydrogen (secondary N) is 1. The van der Waals surface area contributed by atoms with Crippen molar-refractivity contribution in [1.82, 2.24) is 10.2 Å². The highest BCUT2D eigenvalue weighted by Crippen LogP contribution is 2.22. The van der Waals surface area contributed by atoms with E-state index in [4.69, 9.17) is 4.74 Å². The van der Waals surface area contributed by atoms with Gasteiger partial charge < -0.3 is 15.0 Å². The summed E-state index contributed by atoms with van der Waals surface area (Å²) in [4.78, 5) is 28.0. The van der Waals surface area contributed by atoms with Crippen molar-refractivity contribution in [2.75, 3.05) is 24.2 Å². The molecule has 0 aromatic heterocycles. The molecule has 9 heteroatoms. The molecule has 1 N–H and O–H groups in total. The number of sulfonamides is 1. The predicted molar refractivity (Wildman–Crippen MR) is 134 cm³/mol. The molecule has 0 aliphatic heterocycles. The van der Waals surface area contributed by atoms with Gasteiger partial charge in [0.05, 0.1) is 19.1 Å². The Morgan fingerprint density at radius 1 is 1.03 bits per heavy atom. The second-order valence-corrected chi connectivity index (χ2v) is 10.5. The van der Waals surface area contributed by atoms with Gasteiger partial charge in [-0.05, 0) is 57.0 Å². The molecule has 2 rings (SSSR count). The number of ether oxygens (including phenoxy) is 1. The molecular formula is C25H35N3O5S. The number of carbonyl (C=O) groups excluding carboxylic acids is 2. The lowest BCUT2D eigenvalue weighted by molar-refractivity contribution is -0.140. The number of amides is 2. The maximum Gasteiger partial charge on any atom is 0.244 e. The molecule has 2 amide bonds. The fourth-order valence-corrected chi connectivity index (χ4v) is 4.40. The van der Waals surface area contributed by atoms with Crippen molar-refractivity contribution in [2.45, 2.75) is 52.7 Å². The molecule has 0 aliphatic carbocycles. The third kappa shape index (κ3) is 7.48. The average Bonchev–Trinajstić information content (AvgIpc) is 2.77. The summed E-state index contributed by atoms with van der Waals surface area (Å²) >= 11 is 0. The Kier molecular flexibility index (Phi) is 9.49. The van der Waals surface area contributed by atoms with Gasteiger partial charge in [0.25, 0.3) is 0 Å². The van der Waals surface area contributed by atoms with E-state index >= 15 is 0 Å².